The zero-order chi connectivity index (χ0) is 18.9. The highest BCUT2D eigenvalue weighted by atomic mass is 16.2. The van der Waals surface area contributed by atoms with E-state index in [2.05, 4.69) is 16.4 Å². The van der Waals surface area contributed by atoms with Gasteiger partial charge in [-0.05, 0) is 56.4 Å². The number of carbonyl (C=O) groups excluding carboxylic acids is 1. The fourth-order valence-electron chi connectivity index (χ4n) is 2.49. The number of amides is 2. The van der Waals surface area contributed by atoms with E-state index in [4.69, 9.17) is 5.26 Å². The average Bonchev–Trinajstić information content (AvgIpc) is 2.66. The Balaban J connectivity index is 2.06. The van der Waals surface area contributed by atoms with Crippen LogP contribution in [0.4, 0.5) is 4.79 Å². The molecule has 1 aromatic carbocycles. The van der Waals surface area contributed by atoms with Crippen LogP contribution in [0.5, 0.6) is 0 Å². The number of nitriles is 1. The van der Waals surface area contributed by atoms with Crippen LogP contribution in [-0.2, 0) is 6.54 Å². The SMILES string of the molecule is CC(NC(=O)N(CCN(C)C)Cc1ccc(C#N)cc1)c1ccncc1. The quantitative estimate of drug-likeness (QED) is 0.832. The van der Waals surface area contributed by atoms with Crippen molar-refractivity contribution in [3.05, 3.63) is 65.5 Å². The van der Waals surface area contributed by atoms with Crippen LogP contribution in [-0.4, -0.2) is 48.0 Å². The van der Waals surface area contributed by atoms with E-state index in [9.17, 15) is 4.79 Å². The van der Waals surface area contributed by atoms with Crippen LogP contribution in [0, 0.1) is 11.3 Å². The predicted octanol–water partition coefficient (Wildman–Crippen LogP) is 2.79. The van der Waals surface area contributed by atoms with Gasteiger partial charge in [0.25, 0.3) is 0 Å². The molecule has 1 aromatic heterocycles. The minimum Gasteiger partial charge on any atom is -0.331 e. The van der Waals surface area contributed by atoms with Crippen molar-refractivity contribution in [2.45, 2.75) is 19.5 Å². The molecule has 2 aromatic rings. The van der Waals surface area contributed by atoms with Gasteiger partial charge in [0, 0.05) is 32.0 Å². The molecule has 0 saturated carbocycles. The van der Waals surface area contributed by atoms with Gasteiger partial charge in [-0.15, -0.1) is 0 Å². The summed E-state index contributed by atoms with van der Waals surface area (Å²) in [6.07, 6.45) is 3.44. The second kappa shape index (κ2) is 9.54. The lowest BCUT2D eigenvalue weighted by atomic mass is 10.1. The topological polar surface area (TPSA) is 72.3 Å². The summed E-state index contributed by atoms with van der Waals surface area (Å²) < 4.78 is 0. The summed E-state index contributed by atoms with van der Waals surface area (Å²) in [7, 11) is 3.97. The van der Waals surface area contributed by atoms with E-state index < -0.39 is 0 Å². The molecule has 0 aliphatic heterocycles. The molecule has 0 radical (unpaired) electrons. The third kappa shape index (κ3) is 5.87. The maximum atomic E-state index is 12.8. The standard InChI is InChI=1S/C20H25N5O/c1-16(19-8-10-22-11-9-19)23-20(26)25(13-12-24(2)3)15-18-6-4-17(14-21)5-7-18/h4-11,16H,12-13,15H2,1-3H3,(H,23,26). The Morgan fingerprint density at radius 2 is 1.81 bits per heavy atom. The van der Waals surface area contributed by atoms with E-state index in [0.717, 1.165) is 17.7 Å². The zero-order valence-corrected chi connectivity index (χ0v) is 15.5. The molecule has 2 rings (SSSR count). The number of aromatic nitrogens is 1. The van der Waals surface area contributed by atoms with Gasteiger partial charge in [0.2, 0.25) is 0 Å². The molecule has 1 unspecified atom stereocenters. The fraction of sp³-hybridized carbons (Fsp3) is 0.350. The second-order valence-corrected chi connectivity index (χ2v) is 6.49. The number of benzene rings is 1. The molecule has 0 aliphatic carbocycles. The summed E-state index contributed by atoms with van der Waals surface area (Å²) in [5.41, 5.74) is 2.62. The molecule has 6 nitrogen and oxygen atoms in total. The van der Waals surface area contributed by atoms with E-state index >= 15 is 0 Å². The van der Waals surface area contributed by atoms with Crippen LogP contribution in [0.15, 0.2) is 48.8 Å². The van der Waals surface area contributed by atoms with Crippen molar-refractivity contribution in [3.63, 3.8) is 0 Å². The first-order chi connectivity index (χ1) is 12.5. The first-order valence-electron chi connectivity index (χ1n) is 8.58. The maximum absolute atomic E-state index is 12.8. The molecule has 0 saturated heterocycles. The number of rotatable bonds is 7. The highest BCUT2D eigenvalue weighted by Gasteiger charge is 2.17. The number of likely N-dealkylation sites (N-methyl/N-ethyl adjacent to an activating group) is 1. The molecular weight excluding hydrogens is 326 g/mol. The van der Waals surface area contributed by atoms with Gasteiger partial charge in [-0.3, -0.25) is 4.98 Å². The number of pyridine rings is 1. The van der Waals surface area contributed by atoms with Crippen molar-refractivity contribution in [1.29, 1.82) is 5.26 Å². The smallest absolute Gasteiger partial charge is 0.318 e. The van der Waals surface area contributed by atoms with Gasteiger partial charge in [0.15, 0.2) is 0 Å². The third-order valence-corrected chi connectivity index (χ3v) is 4.11. The zero-order valence-electron chi connectivity index (χ0n) is 15.5. The summed E-state index contributed by atoms with van der Waals surface area (Å²) in [6, 6.07) is 13.0. The van der Waals surface area contributed by atoms with Crippen molar-refractivity contribution in [2.75, 3.05) is 27.2 Å². The van der Waals surface area contributed by atoms with Crippen molar-refractivity contribution >= 4 is 6.03 Å². The number of hydrogen-bond donors (Lipinski definition) is 1. The minimum absolute atomic E-state index is 0.103. The number of carbonyl (C=O) groups is 1. The molecule has 0 spiro atoms. The Morgan fingerprint density at radius 3 is 2.38 bits per heavy atom. The molecule has 136 valence electrons. The van der Waals surface area contributed by atoms with E-state index in [1.54, 1.807) is 29.4 Å². The van der Waals surface area contributed by atoms with Crippen LogP contribution in [0.2, 0.25) is 0 Å². The Bertz CT molecular complexity index is 737. The molecule has 6 heteroatoms. The van der Waals surface area contributed by atoms with E-state index in [1.165, 1.54) is 0 Å². The summed E-state index contributed by atoms with van der Waals surface area (Å²) in [4.78, 5) is 20.6. The lowest BCUT2D eigenvalue weighted by molar-refractivity contribution is 0.185. The first kappa shape index (κ1) is 19.4. The van der Waals surface area contributed by atoms with Gasteiger partial charge in [-0.25, -0.2) is 4.79 Å². The average molecular weight is 351 g/mol. The van der Waals surface area contributed by atoms with Crippen LogP contribution >= 0.6 is 0 Å². The van der Waals surface area contributed by atoms with E-state index in [-0.39, 0.29) is 12.1 Å². The normalized spacial score (nSPS) is 11.7. The van der Waals surface area contributed by atoms with Gasteiger partial charge in [0.1, 0.15) is 0 Å². The number of nitrogens with zero attached hydrogens (tertiary/aromatic N) is 4. The summed E-state index contributed by atoms with van der Waals surface area (Å²) >= 11 is 0. The van der Waals surface area contributed by atoms with Crippen LogP contribution in [0.1, 0.15) is 29.7 Å². The minimum atomic E-state index is -0.111. The molecule has 1 N–H and O–H groups in total. The Morgan fingerprint density at radius 1 is 1.15 bits per heavy atom. The van der Waals surface area contributed by atoms with E-state index in [0.29, 0.717) is 18.7 Å². The van der Waals surface area contributed by atoms with Crippen molar-refractivity contribution in [2.24, 2.45) is 0 Å². The van der Waals surface area contributed by atoms with Gasteiger partial charge < -0.3 is 15.1 Å². The van der Waals surface area contributed by atoms with Gasteiger partial charge >= 0.3 is 6.03 Å². The Kier molecular flexibility index (Phi) is 7.12. The molecule has 0 fully saturated rings. The van der Waals surface area contributed by atoms with Crippen molar-refractivity contribution in [1.82, 2.24) is 20.1 Å². The summed E-state index contributed by atoms with van der Waals surface area (Å²) in [6.45, 7) is 3.84. The van der Waals surface area contributed by atoms with Crippen molar-refractivity contribution in [3.8, 4) is 6.07 Å². The molecule has 26 heavy (non-hydrogen) atoms. The highest BCUT2D eigenvalue weighted by Crippen LogP contribution is 2.12. The van der Waals surface area contributed by atoms with Gasteiger partial charge in [-0.1, -0.05) is 12.1 Å². The third-order valence-electron chi connectivity index (χ3n) is 4.11. The first-order valence-corrected chi connectivity index (χ1v) is 8.58. The number of hydrogen-bond acceptors (Lipinski definition) is 4. The largest absolute Gasteiger partial charge is 0.331 e. The monoisotopic (exact) mass is 351 g/mol. The number of urea groups is 1. The van der Waals surface area contributed by atoms with E-state index in [1.807, 2.05) is 50.2 Å². The predicted molar refractivity (Wildman–Crippen MR) is 101 cm³/mol. The Labute approximate surface area is 155 Å². The van der Waals surface area contributed by atoms with Crippen LogP contribution in [0.25, 0.3) is 0 Å². The van der Waals surface area contributed by atoms with Gasteiger partial charge in [-0.2, -0.15) is 5.26 Å². The lowest BCUT2D eigenvalue weighted by Gasteiger charge is -2.27. The fourth-order valence-corrected chi connectivity index (χ4v) is 2.49. The molecular formula is C20H25N5O. The molecule has 1 atom stereocenters. The van der Waals surface area contributed by atoms with Crippen LogP contribution in [0.3, 0.4) is 0 Å². The lowest BCUT2D eigenvalue weighted by Crippen LogP contribution is -2.43. The van der Waals surface area contributed by atoms with Gasteiger partial charge in [0.05, 0.1) is 17.7 Å². The molecule has 2 amide bonds. The van der Waals surface area contributed by atoms with Crippen LogP contribution < -0.4 is 5.32 Å². The summed E-state index contributed by atoms with van der Waals surface area (Å²) in [5.74, 6) is 0. The molecule has 0 bridgehead atoms. The maximum Gasteiger partial charge on any atom is 0.318 e. The summed E-state index contributed by atoms with van der Waals surface area (Å²) in [5, 5.41) is 12.0. The second-order valence-electron chi connectivity index (χ2n) is 6.49. The Hall–Kier alpha value is -2.91. The number of nitrogens with one attached hydrogen (secondary N) is 1. The molecule has 1 heterocycles. The highest BCUT2D eigenvalue weighted by molar-refractivity contribution is 5.74. The molecule has 0 aliphatic rings. The van der Waals surface area contributed by atoms with Crippen molar-refractivity contribution < 1.29 is 4.79 Å².